The molecule has 0 saturated heterocycles. The third-order valence-corrected chi connectivity index (χ3v) is 8.67. The molecule has 5 aromatic rings. The second kappa shape index (κ2) is 14.9. The van der Waals surface area contributed by atoms with Crippen molar-refractivity contribution in [1.82, 2.24) is 4.98 Å². The summed E-state index contributed by atoms with van der Waals surface area (Å²) < 4.78 is 76.9. The number of nitrogens with zero attached hydrogens (tertiary/aromatic N) is 4. The van der Waals surface area contributed by atoms with Gasteiger partial charge in [-0.15, -0.1) is 0 Å². The Morgan fingerprint density at radius 2 is 1.48 bits per heavy atom. The maximum absolute atomic E-state index is 15.8. The predicted octanol–water partition coefficient (Wildman–Crippen LogP) is 8.73. The maximum Gasteiger partial charge on any atom is 0.425 e. The first-order valence-corrected chi connectivity index (χ1v) is 16.1. The van der Waals surface area contributed by atoms with Gasteiger partial charge in [0.15, 0.2) is 6.10 Å². The molecule has 0 radical (unpaired) electrons. The van der Waals surface area contributed by atoms with E-state index in [4.69, 9.17) is 24.5 Å². The van der Waals surface area contributed by atoms with Crippen LogP contribution in [0.15, 0.2) is 120 Å². The number of anilines is 1. The number of pyridine rings is 1. The number of benzene rings is 4. The van der Waals surface area contributed by atoms with Gasteiger partial charge in [-0.1, -0.05) is 48.4 Å². The molecule has 1 aromatic heterocycles. The lowest BCUT2D eigenvalue weighted by atomic mass is 9.84. The fourth-order valence-corrected chi connectivity index (χ4v) is 5.99. The Morgan fingerprint density at radius 1 is 0.846 bits per heavy atom. The average Bonchev–Trinajstić information content (AvgIpc) is 3.16. The summed E-state index contributed by atoms with van der Waals surface area (Å²) in [6.07, 6.45) is -6.49. The summed E-state index contributed by atoms with van der Waals surface area (Å²) in [7, 11) is 3.05. The Morgan fingerprint density at radius 3 is 2.08 bits per heavy atom. The molecule has 11 heteroatoms. The van der Waals surface area contributed by atoms with Crippen molar-refractivity contribution in [2.75, 3.05) is 19.1 Å². The number of nitriles is 1. The molecule has 4 aromatic carbocycles. The molecule has 0 spiro atoms. The van der Waals surface area contributed by atoms with Crippen LogP contribution in [0, 0.1) is 29.0 Å². The van der Waals surface area contributed by atoms with Crippen LogP contribution in [-0.4, -0.2) is 37.5 Å². The first-order chi connectivity index (χ1) is 25.0. The molecule has 6 rings (SSSR count). The van der Waals surface area contributed by atoms with Crippen LogP contribution < -0.4 is 14.4 Å². The lowest BCUT2D eigenvalue weighted by molar-refractivity contribution is -0.208. The van der Waals surface area contributed by atoms with E-state index in [0.717, 1.165) is 11.6 Å². The number of aromatic nitrogens is 1. The van der Waals surface area contributed by atoms with E-state index in [1.807, 2.05) is 48.5 Å². The summed E-state index contributed by atoms with van der Waals surface area (Å²) in [5.74, 6) is 6.15. The molecule has 0 fully saturated rings. The van der Waals surface area contributed by atoms with Crippen LogP contribution in [0.2, 0.25) is 0 Å². The molecule has 1 aliphatic rings. The van der Waals surface area contributed by atoms with Crippen LogP contribution in [0.25, 0.3) is 0 Å². The van der Waals surface area contributed by atoms with Gasteiger partial charge in [0.25, 0.3) is 6.02 Å². The van der Waals surface area contributed by atoms with Gasteiger partial charge in [0.2, 0.25) is 0 Å². The summed E-state index contributed by atoms with van der Waals surface area (Å²) in [6.45, 7) is 1.46. The molecular formula is C41H32F4N4O3. The van der Waals surface area contributed by atoms with E-state index < -0.39 is 36.1 Å². The lowest BCUT2D eigenvalue weighted by Gasteiger charge is -2.42. The molecule has 0 amide bonds. The Balaban J connectivity index is 1.54. The summed E-state index contributed by atoms with van der Waals surface area (Å²) >= 11 is 0. The van der Waals surface area contributed by atoms with Crippen molar-refractivity contribution in [3.63, 3.8) is 0 Å². The number of ether oxygens (including phenoxy) is 3. The molecule has 1 aliphatic heterocycles. The Kier molecular flexibility index (Phi) is 10.2. The number of aliphatic imine (C=N–C) groups is 1. The van der Waals surface area contributed by atoms with E-state index >= 15 is 4.39 Å². The Bertz CT molecular complexity index is 2160. The smallest absolute Gasteiger partial charge is 0.425 e. The highest BCUT2D eigenvalue weighted by atomic mass is 19.4. The number of rotatable bonds is 7. The fraction of sp³-hybridized carbons (Fsp3) is 0.195. The molecule has 2 heterocycles. The van der Waals surface area contributed by atoms with E-state index in [1.54, 1.807) is 60.5 Å². The van der Waals surface area contributed by atoms with Crippen molar-refractivity contribution in [3.8, 4) is 29.4 Å². The normalized spacial score (nSPS) is 17.3. The second-order valence-corrected chi connectivity index (χ2v) is 12.2. The molecule has 0 N–H and O–H groups in total. The highest BCUT2D eigenvalue weighted by Crippen LogP contribution is 2.44. The van der Waals surface area contributed by atoms with E-state index in [2.05, 4.69) is 16.8 Å². The molecule has 0 bridgehead atoms. The van der Waals surface area contributed by atoms with E-state index in [0.29, 0.717) is 39.6 Å². The zero-order valence-electron chi connectivity index (χ0n) is 28.4. The van der Waals surface area contributed by atoms with E-state index in [-0.39, 0.29) is 11.6 Å². The number of methoxy groups -OCH3 is 2. The SMILES string of the molecule is COc1ccc(C(c2ccccc2)N(C2=N[C@](C)(c3cc(C#Cc4ccc(C#N)cn4)ccc3F)C[C@@H](C(F)(F)F)O2)c2ccc(OC)cc2)cc1. The Labute approximate surface area is 298 Å². The maximum atomic E-state index is 15.8. The van der Waals surface area contributed by atoms with Gasteiger partial charge in [-0.25, -0.2) is 14.4 Å². The van der Waals surface area contributed by atoms with Crippen molar-refractivity contribution >= 4 is 11.7 Å². The molecule has 7 nitrogen and oxygen atoms in total. The quantitative estimate of drug-likeness (QED) is 0.125. The largest absolute Gasteiger partial charge is 0.497 e. The predicted molar refractivity (Wildman–Crippen MR) is 188 cm³/mol. The molecule has 0 saturated carbocycles. The number of halogens is 4. The first-order valence-electron chi connectivity index (χ1n) is 16.1. The average molecular weight is 705 g/mol. The van der Waals surface area contributed by atoms with Crippen molar-refractivity contribution in [2.45, 2.75) is 37.2 Å². The van der Waals surface area contributed by atoms with Crippen LogP contribution in [0.4, 0.5) is 23.2 Å². The van der Waals surface area contributed by atoms with Crippen LogP contribution in [0.5, 0.6) is 11.5 Å². The van der Waals surface area contributed by atoms with Crippen molar-refractivity contribution in [1.29, 1.82) is 5.26 Å². The van der Waals surface area contributed by atoms with Crippen molar-refractivity contribution in [2.24, 2.45) is 4.99 Å². The minimum atomic E-state index is -4.83. The minimum Gasteiger partial charge on any atom is -0.497 e. The van der Waals surface area contributed by atoms with Gasteiger partial charge in [-0.05, 0) is 90.7 Å². The van der Waals surface area contributed by atoms with Crippen molar-refractivity contribution < 1.29 is 31.8 Å². The second-order valence-electron chi connectivity index (χ2n) is 12.2. The van der Waals surface area contributed by atoms with Crippen LogP contribution in [0.3, 0.4) is 0 Å². The van der Waals surface area contributed by atoms with Crippen LogP contribution >= 0.6 is 0 Å². The van der Waals surface area contributed by atoms with Gasteiger partial charge in [0, 0.05) is 29.4 Å². The molecule has 262 valence electrons. The standard InChI is InChI=1S/C41H32F4N4O3/c1-40(35-23-27(11-22-36(35)42)9-14-31-15-10-28(25-46)26-47-31)24-37(41(43,44)45)52-39(48-40)49(32-16-20-34(51-3)21-17-32)38(29-7-5-4-6-8-29)30-12-18-33(50-2)19-13-30/h4-8,10-13,15-23,26,37-38H,24H2,1-3H3/t37-,38?,40-/m0/s1. The van der Waals surface area contributed by atoms with Gasteiger partial charge in [0.05, 0.1) is 31.4 Å². The minimum absolute atomic E-state index is 0.0856. The van der Waals surface area contributed by atoms with Crippen molar-refractivity contribution in [3.05, 3.63) is 155 Å². The van der Waals surface area contributed by atoms with Gasteiger partial charge < -0.3 is 14.2 Å². The summed E-state index contributed by atoms with van der Waals surface area (Å²) in [5, 5.41) is 9.05. The monoisotopic (exact) mass is 704 g/mol. The zero-order chi connectivity index (χ0) is 36.9. The zero-order valence-corrected chi connectivity index (χ0v) is 28.4. The van der Waals surface area contributed by atoms with E-state index in [1.165, 1.54) is 32.4 Å². The number of alkyl halides is 3. The van der Waals surface area contributed by atoms with Crippen LogP contribution in [0.1, 0.15) is 52.9 Å². The van der Waals surface area contributed by atoms with Gasteiger partial charge in [0.1, 0.15) is 29.1 Å². The highest BCUT2D eigenvalue weighted by Gasteiger charge is 2.52. The third-order valence-electron chi connectivity index (χ3n) is 8.67. The van der Waals surface area contributed by atoms with Gasteiger partial charge in [-0.3, -0.25) is 4.90 Å². The fourth-order valence-electron chi connectivity index (χ4n) is 5.99. The summed E-state index contributed by atoms with van der Waals surface area (Å²) in [6, 6.07) is 31.2. The molecule has 0 aliphatic carbocycles. The first kappa shape index (κ1) is 35.5. The van der Waals surface area contributed by atoms with Gasteiger partial charge >= 0.3 is 6.18 Å². The number of hydrogen-bond acceptors (Lipinski definition) is 7. The number of hydrogen-bond donors (Lipinski definition) is 0. The molecule has 52 heavy (non-hydrogen) atoms. The summed E-state index contributed by atoms with van der Waals surface area (Å²) in [5.41, 5.74) is 1.09. The van der Waals surface area contributed by atoms with Gasteiger partial charge in [-0.2, -0.15) is 18.4 Å². The molecule has 3 atom stereocenters. The lowest BCUT2D eigenvalue weighted by Crippen LogP contribution is -2.50. The third kappa shape index (κ3) is 7.69. The summed E-state index contributed by atoms with van der Waals surface area (Å²) in [4.78, 5) is 10.6. The molecular weight excluding hydrogens is 672 g/mol. The highest BCUT2D eigenvalue weighted by molar-refractivity contribution is 5.94. The van der Waals surface area contributed by atoms with Crippen LogP contribution in [-0.2, 0) is 10.3 Å². The van der Waals surface area contributed by atoms with E-state index in [9.17, 15) is 13.2 Å². The number of amidine groups is 1. The Hall–Kier alpha value is -6.33. The topological polar surface area (TPSA) is 80.0 Å². The molecule has 1 unspecified atom stereocenters.